The van der Waals surface area contributed by atoms with Crippen molar-refractivity contribution < 1.29 is 45.2 Å². The van der Waals surface area contributed by atoms with Crippen LogP contribution in [0.2, 0.25) is 0 Å². The molecule has 1 aliphatic heterocycles. The van der Waals surface area contributed by atoms with Crippen LogP contribution in [0.5, 0.6) is 0 Å². The van der Waals surface area contributed by atoms with Gasteiger partial charge in [-0.1, -0.05) is 6.58 Å². The number of ether oxygens (including phenoxy) is 2. The Bertz CT molecular complexity index is 426. The highest BCUT2D eigenvalue weighted by molar-refractivity contribution is 5.02. The van der Waals surface area contributed by atoms with Gasteiger partial charge in [0.15, 0.2) is 6.29 Å². The third kappa shape index (κ3) is 5.68. The molecule has 1 aliphatic rings. The fraction of sp³-hybridized carbons (Fsp3) is 0.875. The van der Waals surface area contributed by atoms with Crippen molar-refractivity contribution >= 4 is 0 Å². The molecular formula is C16H30O9. The zero-order chi connectivity index (χ0) is 19.4. The second-order valence-corrected chi connectivity index (χ2v) is 6.83. The highest BCUT2D eigenvalue weighted by Gasteiger charge is 2.46. The van der Waals surface area contributed by atoms with Crippen LogP contribution >= 0.6 is 0 Å². The molecule has 0 bridgehead atoms. The van der Waals surface area contributed by atoms with Crippen LogP contribution in [0.1, 0.15) is 26.7 Å². The number of hydrogen-bond acceptors (Lipinski definition) is 9. The van der Waals surface area contributed by atoms with Gasteiger partial charge in [0.05, 0.1) is 31.0 Å². The first-order valence-electron chi connectivity index (χ1n) is 8.18. The smallest absolute Gasteiger partial charge is 0.187 e. The highest BCUT2D eigenvalue weighted by Crippen LogP contribution is 2.29. The molecule has 0 aromatic heterocycles. The third-order valence-electron chi connectivity index (χ3n) is 4.45. The summed E-state index contributed by atoms with van der Waals surface area (Å²) in [5.41, 5.74) is -0.844. The molecule has 0 unspecified atom stereocenters. The largest absolute Gasteiger partial charge is 0.394 e. The lowest BCUT2D eigenvalue weighted by Crippen LogP contribution is -2.61. The van der Waals surface area contributed by atoms with Gasteiger partial charge >= 0.3 is 0 Å². The van der Waals surface area contributed by atoms with E-state index >= 15 is 0 Å². The lowest BCUT2D eigenvalue weighted by molar-refractivity contribution is -0.331. The molecule has 0 aliphatic carbocycles. The topological polar surface area (TPSA) is 160 Å². The molecule has 0 aromatic rings. The first kappa shape index (κ1) is 22.4. The van der Waals surface area contributed by atoms with Crippen molar-refractivity contribution in [2.45, 2.75) is 75.2 Å². The maximum atomic E-state index is 10.3. The Balaban J connectivity index is 2.67. The van der Waals surface area contributed by atoms with Gasteiger partial charge in [-0.05, 0) is 32.3 Å². The molecular weight excluding hydrogens is 336 g/mol. The molecule has 7 N–H and O–H groups in total. The standard InChI is InChI=1S/C16H30O9/c1-8(9(19)6-17)4-5-11(20)16(2,3)25-15-14(23)13(22)12(21)10(7-18)24-15/h9-15,17-23H,1,4-7H2,2-3H3/t9-,10-,11-,12-,13+,14-,15+/m1/s1. The molecule has 148 valence electrons. The normalized spacial score (nSPS) is 33.1. The average Bonchev–Trinajstić information content (AvgIpc) is 2.58. The first-order chi connectivity index (χ1) is 11.5. The predicted molar refractivity (Wildman–Crippen MR) is 86.4 cm³/mol. The summed E-state index contributed by atoms with van der Waals surface area (Å²) in [5.74, 6) is 0. The van der Waals surface area contributed by atoms with Gasteiger partial charge in [-0.15, -0.1) is 0 Å². The van der Waals surface area contributed by atoms with Crippen molar-refractivity contribution in [1.29, 1.82) is 0 Å². The summed E-state index contributed by atoms with van der Waals surface area (Å²) >= 11 is 0. The lowest BCUT2D eigenvalue weighted by atomic mass is 9.93. The monoisotopic (exact) mass is 366 g/mol. The molecule has 1 saturated heterocycles. The van der Waals surface area contributed by atoms with Gasteiger partial charge in [-0.2, -0.15) is 0 Å². The number of aliphatic hydroxyl groups excluding tert-OH is 7. The van der Waals surface area contributed by atoms with Crippen molar-refractivity contribution in [1.82, 2.24) is 0 Å². The van der Waals surface area contributed by atoms with Crippen LogP contribution in [-0.2, 0) is 9.47 Å². The van der Waals surface area contributed by atoms with Gasteiger partial charge in [0, 0.05) is 0 Å². The maximum Gasteiger partial charge on any atom is 0.187 e. The van der Waals surface area contributed by atoms with Crippen molar-refractivity contribution in [2.24, 2.45) is 0 Å². The summed E-state index contributed by atoms with van der Waals surface area (Å²) in [7, 11) is 0. The van der Waals surface area contributed by atoms with E-state index in [1.807, 2.05) is 0 Å². The summed E-state index contributed by atoms with van der Waals surface area (Å²) in [4.78, 5) is 0. The molecule has 0 amide bonds. The predicted octanol–water partition coefficient (Wildman–Crippen LogP) is -2.37. The van der Waals surface area contributed by atoms with E-state index < -0.39 is 61.7 Å². The Hall–Kier alpha value is -0.620. The van der Waals surface area contributed by atoms with Gasteiger partial charge in [0.2, 0.25) is 0 Å². The summed E-state index contributed by atoms with van der Waals surface area (Å²) < 4.78 is 10.8. The van der Waals surface area contributed by atoms with Crippen LogP contribution in [0, 0.1) is 0 Å². The van der Waals surface area contributed by atoms with Crippen LogP contribution in [0.25, 0.3) is 0 Å². The van der Waals surface area contributed by atoms with Crippen LogP contribution < -0.4 is 0 Å². The third-order valence-corrected chi connectivity index (χ3v) is 4.45. The quantitative estimate of drug-likeness (QED) is 0.221. The van der Waals surface area contributed by atoms with Crippen LogP contribution in [0.3, 0.4) is 0 Å². The fourth-order valence-electron chi connectivity index (χ4n) is 2.51. The van der Waals surface area contributed by atoms with E-state index in [1.54, 1.807) is 13.8 Å². The minimum Gasteiger partial charge on any atom is -0.394 e. The molecule has 1 rings (SSSR count). The number of aliphatic hydroxyl groups is 7. The highest BCUT2D eigenvalue weighted by atomic mass is 16.7. The second kappa shape index (κ2) is 9.36. The zero-order valence-corrected chi connectivity index (χ0v) is 14.5. The maximum absolute atomic E-state index is 10.3. The van der Waals surface area contributed by atoms with Gasteiger partial charge in [0.25, 0.3) is 0 Å². The summed E-state index contributed by atoms with van der Waals surface area (Å²) in [6.45, 7) is 5.69. The summed E-state index contributed by atoms with van der Waals surface area (Å²) in [5, 5.41) is 67.3. The minimum atomic E-state index is -1.57. The Labute approximate surface area is 146 Å². The number of rotatable bonds is 9. The van der Waals surface area contributed by atoms with E-state index in [2.05, 4.69) is 6.58 Å². The van der Waals surface area contributed by atoms with Crippen molar-refractivity contribution in [3.8, 4) is 0 Å². The van der Waals surface area contributed by atoms with E-state index in [-0.39, 0.29) is 12.8 Å². The fourth-order valence-corrected chi connectivity index (χ4v) is 2.51. The molecule has 1 fully saturated rings. The Morgan fingerprint density at radius 3 is 2.24 bits per heavy atom. The lowest BCUT2D eigenvalue weighted by Gasteiger charge is -2.43. The van der Waals surface area contributed by atoms with Crippen molar-refractivity contribution in [3.63, 3.8) is 0 Å². The van der Waals surface area contributed by atoms with E-state index in [4.69, 9.17) is 14.6 Å². The molecule has 25 heavy (non-hydrogen) atoms. The van der Waals surface area contributed by atoms with E-state index in [0.717, 1.165) is 0 Å². The number of hydrogen-bond donors (Lipinski definition) is 7. The molecule has 9 nitrogen and oxygen atoms in total. The minimum absolute atomic E-state index is 0.167. The Morgan fingerprint density at radius 1 is 1.12 bits per heavy atom. The Kier molecular flexibility index (Phi) is 8.39. The molecule has 0 radical (unpaired) electrons. The summed E-state index contributed by atoms with van der Waals surface area (Å²) in [6.07, 6.45) is -8.77. The van der Waals surface area contributed by atoms with Gasteiger partial charge < -0.3 is 45.2 Å². The molecule has 0 saturated carbocycles. The van der Waals surface area contributed by atoms with Crippen molar-refractivity contribution in [3.05, 3.63) is 12.2 Å². The van der Waals surface area contributed by atoms with Crippen LogP contribution in [-0.4, -0.2) is 97.5 Å². The average molecular weight is 366 g/mol. The van der Waals surface area contributed by atoms with Gasteiger partial charge in [0.1, 0.15) is 24.4 Å². The molecule has 7 atom stereocenters. The zero-order valence-electron chi connectivity index (χ0n) is 14.5. The van der Waals surface area contributed by atoms with Crippen LogP contribution in [0.15, 0.2) is 12.2 Å². The molecule has 9 heteroatoms. The van der Waals surface area contributed by atoms with Crippen LogP contribution in [0.4, 0.5) is 0 Å². The molecule has 0 spiro atoms. The Morgan fingerprint density at radius 2 is 1.72 bits per heavy atom. The van der Waals surface area contributed by atoms with Gasteiger partial charge in [-0.3, -0.25) is 0 Å². The van der Waals surface area contributed by atoms with Crippen molar-refractivity contribution in [2.75, 3.05) is 13.2 Å². The van der Waals surface area contributed by atoms with E-state index in [1.165, 1.54) is 0 Å². The molecule has 1 heterocycles. The van der Waals surface area contributed by atoms with Gasteiger partial charge in [-0.25, -0.2) is 0 Å². The van der Waals surface area contributed by atoms with E-state index in [0.29, 0.717) is 5.57 Å². The SMILES string of the molecule is C=C(CC[C@@H](O)C(C)(C)O[C@@H]1O[C@H](CO)[C@@H](O)[C@H](O)[C@H]1O)[C@H](O)CO. The summed E-state index contributed by atoms with van der Waals surface area (Å²) in [6, 6.07) is 0. The van der Waals surface area contributed by atoms with E-state index in [9.17, 15) is 30.6 Å². The second-order valence-electron chi connectivity index (χ2n) is 6.83. The first-order valence-corrected chi connectivity index (χ1v) is 8.18. The molecule has 0 aromatic carbocycles.